The second-order valence-electron chi connectivity index (χ2n) is 8.18. The molecule has 1 saturated carbocycles. The lowest BCUT2D eigenvalue weighted by Gasteiger charge is -2.16. The van der Waals surface area contributed by atoms with Gasteiger partial charge in [0.05, 0.1) is 6.20 Å². The minimum Gasteiger partial charge on any atom is -0.339 e. The van der Waals surface area contributed by atoms with Crippen LogP contribution in [0.3, 0.4) is 0 Å². The van der Waals surface area contributed by atoms with E-state index < -0.39 is 0 Å². The van der Waals surface area contributed by atoms with Gasteiger partial charge in [0.1, 0.15) is 5.02 Å². The molecule has 0 atom stereocenters. The molecule has 1 amide bonds. The van der Waals surface area contributed by atoms with Crippen LogP contribution in [0.4, 0.5) is 28.8 Å². The number of aromatic nitrogens is 2. The van der Waals surface area contributed by atoms with E-state index in [-0.39, 0.29) is 11.8 Å². The molecule has 0 saturated heterocycles. The minimum absolute atomic E-state index is 0.126. The van der Waals surface area contributed by atoms with Crippen molar-refractivity contribution in [2.24, 2.45) is 5.92 Å². The first kappa shape index (κ1) is 19.8. The molecule has 7 heteroatoms. The van der Waals surface area contributed by atoms with Gasteiger partial charge in [-0.2, -0.15) is 4.98 Å². The van der Waals surface area contributed by atoms with Gasteiger partial charge in [-0.05, 0) is 67.1 Å². The van der Waals surface area contributed by atoms with Gasteiger partial charge in [-0.3, -0.25) is 4.79 Å². The van der Waals surface area contributed by atoms with Crippen LogP contribution in [0.15, 0.2) is 48.7 Å². The third-order valence-electron chi connectivity index (χ3n) is 5.96. The van der Waals surface area contributed by atoms with Crippen molar-refractivity contribution in [3.63, 3.8) is 0 Å². The average molecular weight is 434 g/mol. The van der Waals surface area contributed by atoms with Crippen LogP contribution in [-0.4, -0.2) is 15.9 Å². The topological polar surface area (TPSA) is 78.9 Å². The molecule has 2 aromatic carbocycles. The molecule has 1 aromatic heterocycles. The van der Waals surface area contributed by atoms with Crippen LogP contribution >= 0.6 is 11.6 Å². The van der Waals surface area contributed by atoms with Gasteiger partial charge in [0.25, 0.3) is 0 Å². The van der Waals surface area contributed by atoms with E-state index in [0.717, 1.165) is 61.2 Å². The number of anilines is 5. The Morgan fingerprint density at radius 3 is 2.74 bits per heavy atom. The lowest BCUT2D eigenvalue weighted by atomic mass is 10.0. The van der Waals surface area contributed by atoms with E-state index in [1.54, 1.807) is 6.20 Å². The molecule has 2 aliphatic rings. The second-order valence-corrected chi connectivity index (χ2v) is 8.59. The monoisotopic (exact) mass is 433 g/mol. The van der Waals surface area contributed by atoms with Gasteiger partial charge in [0.15, 0.2) is 5.82 Å². The van der Waals surface area contributed by atoms with Crippen LogP contribution in [-0.2, 0) is 17.6 Å². The van der Waals surface area contributed by atoms with Crippen LogP contribution in [0.5, 0.6) is 0 Å². The Morgan fingerprint density at radius 2 is 1.87 bits per heavy atom. The summed E-state index contributed by atoms with van der Waals surface area (Å²) in [5, 5.41) is 10.2. The van der Waals surface area contributed by atoms with E-state index in [0.29, 0.717) is 16.8 Å². The lowest BCUT2D eigenvalue weighted by Crippen LogP contribution is -2.21. The summed E-state index contributed by atoms with van der Waals surface area (Å²) in [6, 6.07) is 14.2. The van der Waals surface area contributed by atoms with E-state index in [1.165, 1.54) is 5.56 Å². The standard InChI is InChI=1S/C24H24ClN5O/c25-20-14-26-24-28-18-7-3-4-15(12-18)8-9-17-13-19(27-22(20)30-24)10-11-21(17)29-23(31)16-5-1-2-6-16/h3-4,7,10-14,16H,1-2,5-6,8-9H2,(H,29,31)(H2,26,27,28,30). The van der Waals surface area contributed by atoms with E-state index in [2.05, 4.69) is 44.1 Å². The highest BCUT2D eigenvalue weighted by Gasteiger charge is 2.23. The molecule has 31 heavy (non-hydrogen) atoms. The number of hydrogen-bond donors (Lipinski definition) is 3. The molecule has 0 unspecified atom stereocenters. The average Bonchev–Trinajstić information content (AvgIpc) is 3.31. The maximum absolute atomic E-state index is 12.7. The fourth-order valence-corrected chi connectivity index (χ4v) is 4.43. The first-order valence-electron chi connectivity index (χ1n) is 10.7. The van der Waals surface area contributed by atoms with Crippen molar-refractivity contribution in [3.05, 3.63) is 64.8 Å². The van der Waals surface area contributed by atoms with Crippen LogP contribution in [0.1, 0.15) is 36.8 Å². The van der Waals surface area contributed by atoms with Gasteiger partial charge in [0, 0.05) is 23.0 Å². The summed E-state index contributed by atoms with van der Waals surface area (Å²) in [4.78, 5) is 21.6. The van der Waals surface area contributed by atoms with Crippen molar-refractivity contribution in [1.82, 2.24) is 9.97 Å². The number of hydrogen-bond acceptors (Lipinski definition) is 5. The molecule has 0 radical (unpaired) electrons. The Hall–Kier alpha value is -3.12. The normalized spacial score (nSPS) is 15.6. The zero-order valence-electron chi connectivity index (χ0n) is 17.1. The molecule has 1 aliphatic heterocycles. The minimum atomic E-state index is 0.126. The van der Waals surface area contributed by atoms with Gasteiger partial charge in [-0.1, -0.05) is 36.6 Å². The SMILES string of the molecule is O=C(Nc1ccc2cc1CCc1cccc(c1)Nc1ncc(Cl)c(n1)N2)C1CCCC1. The third kappa shape index (κ3) is 4.49. The maximum atomic E-state index is 12.7. The number of aryl methyl sites for hydroxylation is 2. The molecule has 1 fully saturated rings. The summed E-state index contributed by atoms with van der Waals surface area (Å²) in [6.07, 6.45) is 7.48. The molecule has 6 bridgehead atoms. The molecular formula is C24H24ClN5O. The summed E-state index contributed by atoms with van der Waals surface area (Å²) in [6.45, 7) is 0. The van der Waals surface area contributed by atoms with Gasteiger partial charge >= 0.3 is 0 Å². The predicted octanol–water partition coefficient (Wildman–Crippen LogP) is 5.84. The Labute approximate surface area is 186 Å². The highest BCUT2D eigenvalue weighted by atomic mass is 35.5. The third-order valence-corrected chi connectivity index (χ3v) is 6.24. The van der Waals surface area contributed by atoms with E-state index >= 15 is 0 Å². The highest BCUT2D eigenvalue weighted by Crippen LogP contribution is 2.31. The first-order valence-corrected chi connectivity index (χ1v) is 11.1. The van der Waals surface area contributed by atoms with Gasteiger partial charge in [0.2, 0.25) is 11.9 Å². The van der Waals surface area contributed by atoms with Crippen LogP contribution < -0.4 is 16.0 Å². The Balaban J connectivity index is 1.51. The van der Waals surface area contributed by atoms with Crippen molar-refractivity contribution in [3.8, 4) is 0 Å². The predicted molar refractivity (Wildman–Crippen MR) is 124 cm³/mol. The molecule has 3 N–H and O–H groups in total. The Morgan fingerprint density at radius 1 is 1.03 bits per heavy atom. The van der Waals surface area contributed by atoms with E-state index in [1.807, 2.05) is 24.3 Å². The lowest BCUT2D eigenvalue weighted by molar-refractivity contribution is -0.119. The van der Waals surface area contributed by atoms with Crippen molar-refractivity contribution in [1.29, 1.82) is 0 Å². The fourth-order valence-electron chi connectivity index (χ4n) is 4.29. The quantitative estimate of drug-likeness (QED) is 0.472. The second kappa shape index (κ2) is 8.55. The number of rotatable bonds is 2. The summed E-state index contributed by atoms with van der Waals surface area (Å²) < 4.78 is 0. The van der Waals surface area contributed by atoms with Gasteiger partial charge < -0.3 is 16.0 Å². The molecule has 0 spiro atoms. The number of amides is 1. The first-order chi connectivity index (χ1) is 15.1. The summed E-state index contributed by atoms with van der Waals surface area (Å²) in [7, 11) is 0. The molecular weight excluding hydrogens is 410 g/mol. The van der Waals surface area contributed by atoms with Crippen molar-refractivity contribution in [2.75, 3.05) is 16.0 Å². The highest BCUT2D eigenvalue weighted by molar-refractivity contribution is 6.32. The van der Waals surface area contributed by atoms with Crippen LogP contribution in [0.25, 0.3) is 0 Å². The number of benzene rings is 2. The number of fused-ring (bicyclic) bond motifs is 6. The molecule has 1 aliphatic carbocycles. The molecule has 158 valence electrons. The van der Waals surface area contributed by atoms with Crippen molar-refractivity contribution < 1.29 is 4.79 Å². The molecule has 6 nitrogen and oxygen atoms in total. The maximum Gasteiger partial charge on any atom is 0.229 e. The number of nitrogens with zero attached hydrogens (tertiary/aromatic N) is 2. The van der Waals surface area contributed by atoms with Crippen molar-refractivity contribution >= 4 is 46.3 Å². The number of carbonyl (C=O) groups is 1. The zero-order chi connectivity index (χ0) is 21.2. The summed E-state index contributed by atoms with van der Waals surface area (Å²) >= 11 is 6.33. The fraction of sp³-hybridized carbons (Fsp3) is 0.292. The largest absolute Gasteiger partial charge is 0.339 e. The Bertz CT molecular complexity index is 1130. The molecule has 5 rings (SSSR count). The number of nitrogens with one attached hydrogen (secondary N) is 3. The van der Waals surface area contributed by atoms with Gasteiger partial charge in [-0.25, -0.2) is 4.98 Å². The van der Waals surface area contributed by atoms with Crippen LogP contribution in [0, 0.1) is 5.92 Å². The Kier molecular flexibility index (Phi) is 5.47. The number of halogens is 1. The van der Waals surface area contributed by atoms with Gasteiger partial charge in [-0.15, -0.1) is 0 Å². The number of carbonyl (C=O) groups excluding carboxylic acids is 1. The smallest absolute Gasteiger partial charge is 0.229 e. The summed E-state index contributed by atoms with van der Waals surface area (Å²) in [5.41, 5.74) is 4.95. The van der Waals surface area contributed by atoms with Crippen LogP contribution in [0.2, 0.25) is 5.02 Å². The van der Waals surface area contributed by atoms with E-state index in [4.69, 9.17) is 11.6 Å². The van der Waals surface area contributed by atoms with Crippen molar-refractivity contribution in [2.45, 2.75) is 38.5 Å². The molecule has 2 heterocycles. The van der Waals surface area contributed by atoms with E-state index in [9.17, 15) is 4.79 Å². The zero-order valence-corrected chi connectivity index (χ0v) is 17.9. The summed E-state index contributed by atoms with van der Waals surface area (Å²) in [5.74, 6) is 1.26. The molecule has 3 aromatic rings.